The second-order valence-electron chi connectivity index (χ2n) is 8.37. The number of benzene rings is 2. The van der Waals surface area contributed by atoms with Gasteiger partial charge in [-0.15, -0.1) is 0 Å². The Morgan fingerprint density at radius 1 is 0.966 bits per heavy atom. The summed E-state index contributed by atoms with van der Waals surface area (Å²) in [6.07, 6.45) is 5.26. The van der Waals surface area contributed by atoms with Gasteiger partial charge in [-0.1, -0.05) is 61.5 Å². The van der Waals surface area contributed by atoms with E-state index < -0.39 is 0 Å². The topological polar surface area (TPSA) is 29.5 Å². The quantitative estimate of drug-likeness (QED) is 0.497. The molecule has 0 amide bonds. The average molecular weight is 394 g/mol. The fraction of sp³-hybridized carbons (Fsp3) is 0.500. The molecule has 29 heavy (non-hydrogen) atoms. The highest BCUT2D eigenvalue weighted by molar-refractivity contribution is 5.95. The lowest BCUT2D eigenvalue weighted by molar-refractivity contribution is -0.00232. The van der Waals surface area contributed by atoms with Crippen LogP contribution in [0.2, 0.25) is 0 Å². The maximum Gasteiger partial charge on any atom is 0.162 e. The molecule has 0 saturated carbocycles. The molecule has 1 saturated heterocycles. The lowest BCUT2D eigenvalue weighted by Gasteiger charge is -2.42. The van der Waals surface area contributed by atoms with E-state index in [2.05, 4.69) is 54.3 Å². The van der Waals surface area contributed by atoms with E-state index in [1.165, 1.54) is 30.4 Å². The molecule has 2 aromatic rings. The molecule has 0 aliphatic carbocycles. The number of likely N-dealkylation sites (tertiary alicyclic amines) is 1. The zero-order valence-electron chi connectivity index (χ0n) is 18.0. The summed E-state index contributed by atoms with van der Waals surface area (Å²) in [7, 11) is 0. The van der Waals surface area contributed by atoms with Gasteiger partial charge in [-0.25, -0.2) is 0 Å². The molecule has 1 aliphatic rings. The van der Waals surface area contributed by atoms with Crippen LogP contribution in [0.4, 0.5) is 0 Å². The van der Waals surface area contributed by atoms with Crippen molar-refractivity contribution in [3.8, 4) is 0 Å². The Labute approximate surface area is 176 Å². The van der Waals surface area contributed by atoms with Gasteiger partial charge in [-0.2, -0.15) is 0 Å². The predicted octanol–water partition coefficient (Wildman–Crippen LogP) is 5.53. The lowest BCUT2D eigenvalue weighted by atomic mass is 9.74. The van der Waals surface area contributed by atoms with E-state index in [9.17, 15) is 4.79 Å². The van der Waals surface area contributed by atoms with Gasteiger partial charge in [0.15, 0.2) is 5.78 Å². The molecule has 0 aromatic heterocycles. The first-order chi connectivity index (χ1) is 14.1. The second kappa shape index (κ2) is 10.7. The molecule has 3 nitrogen and oxygen atoms in total. The number of Topliss-reactive ketones (excluding diaryl/α,β-unsaturated/α-hetero) is 1. The van der Waals surface area contributed by atoms with Crippen molar-refractivity contribution < 1.29 is 9.53 Å². The minimum absolute atomic E-state index is 0.216. The van der Waals surface area contributed by atoms with Gasteiger partial charge in [-0.3, -0.25) is 9.69 Å². The Balaban J connectivity index is 1.55. The number of ketones is 1. The zero-order chi connectivity index (χ0) is 20.5. The Hall–Kier alpha value is -1.97. The van der Waals surface area contributed by atoms with Gasteiger partial charge >= 0.3 is 0 Å². The average Bonchev–Trinajstić information content (AvgIpc) is 2.78. The van der Waals surface area contributed by atoms with E-state index in [4.69, 9.17) is 4.74 Å². The summed E-state index contributed by atoms with van der Waals surface area (Å²) in [6.45, 7) is 8.85. The molecule has 0 bridgehead atoms. The molecule has 1 heterocycles. The monoisotopic (exact) mass is 393 g/mol. The van der Waals surface area contributed by atoms with Crippen molar-refractivity contribution in [3.05, 3.63) is 71.3 Å². The number of carbonyl (C=O) groups excluding carboxylic acids is 1. The first kappa shape index (κ1) is 21.7. The molecule has 0 N–H and O–H groups in total. The fourth-order valence-electron chi connectivity index (χ4n) is 4.28. The zero-order valence-corrected chi connectivity index (χ0v) is 18.0. The van der Waals surface area contributed by atoms with Crippen LogP contribution in [-0.4, -0.2) is 37.0 Å². The SMILES string of the molecule is CCOCC1(CCc2ccccc2)CCN(Cc2ccc(C(=O)CC)cc2)CC1. The maximum absolute atomic E-state index is 11.8. The largest absolute Gasteiger partial charge is 0.381 e. The number of ether oxygens (including phenoxy) is 1. The second-order valence-corrected chi connectivity index (χ2v) is 8.37. The Bertz CT molecular complexity index is 746. The van der Waals surface area contributed by atoms with Crippen molar-refractivity contribution in [1.82, 2.24) is 4.90 Å². The number of nitrogens with zero attached hydrogens (tertiary/aromatic N) is 1. The molecule has 0 spiro atoms. The van der Waals surface area contributed by atoms with Crippen molar-refractivity contribution in [2.45, 2.75) is 52.5 Å². The van der Waals surface area contributed by atoms with Gasteiger partial charge in [0, 0.05) is 25.1 Å². The van der Waals surface area contributed by atoms with Crippen LogP contribution in [-0.2, 0) is 17.7 Å². The predicted molar refractivity (Wildman–Crippen MR) is 119 cm³/mol. The number of carbonyl (C=O) groups is 1. The molecular formula is C26H35NO2. The highest BCUT2D eigenvalue weighted by Gasteiger charge is 2.34. The Morgan fingerprint density at radius 2 is 1.66 bits per heavy atom. The third kappa shape index (κ3) is 6.25. The fourth-order valence-corrected chi connectivity index (χ4v) is 4.28. The summed E-state index contributed by atoms with van der Waals surface area (Å²) in [5, 5.41) is 0. The number of rotatable bonds is 10. The molecule has 1 fully saturated rings. The minimum Gasteiger partial charge on any atom is -0.381 e. The summed E-state index contributed by atoms with van der Waals surface area (Å²) in [5.74, 6) is 0.216. The molecule has 3 rings (SSSR count). The third-order valence-corrected chi connectivity index (χ3v) is 6.32. The molecule has 0 radical (unpaired) electrons. The summed E-state index contributed by atoms with van der Waals surface area (Å²) >= 11 is 0. The number of piperidine rings is 1. The summed E-state index contributed by atoms with van der Waals surface area (Å²) in [4.78, 5) is 14.4. The first-order valence-electron chi connectivity index (χ1n) is 11.1. The van der Waals surface area contributed by atoms with Crippen LogP contribution in [0.3, 0.4) is 0 Å². The van der Waals surface area contributed by atoms with Gasteiger partial charge in [0.1, 0.15) is 0 Å². The Kier molecular flexibility index (Phi) is 8.02. The van der Waals surface area contributed by atoms with Gasteiger partial charge < -0.3 is 4.74 Å². The molecule has 3 heteroatoms. The van der Waals surface area contributed by atoms with Crippen molar-refractivity contribution in [1.29, 1.82) is 0 Å². The van der Waals surface area contributed by atoms with Crippen LogP contribution in [0.25, 0.3) is 0 Å². The van der Waals surface area contributed by atoms with Gasteiger partial charge in [0.25, 0.3) is 0 Å². The van der Waals surface area contributed by atoms with Crippen LogP contribution < -0.4 is 0 Å². The van der Waals surface area contributed by atoms with Crippen LogP contribution in [0.1, 0.15) is 61.0 Å². The highest BCUT2D eigenvalue weighted by atomic mass is 16.5. The molecule has 2 aromatic carbocycles. The number of hydrogen-bond acceptors (Lipinski definition) is 3. The van der Waals surface area contributed by atoms with Crippen molar-refractivity contribution in [2.75, 3.05) is 26.3 Å². The van der Waals surface area contributed by atoms with E-state index in [0.717, 1.165) is 44.8 Å². The number of hydrogen-bond donors (Lipinski definition) is 0. The normalized spacial score (nSPS) is 16.6. The van der Waals surface area contributed by atoms with E-state index in [0.29, 0.717) is 11.8 Å². The van der Waals surface area contributed by atoms with E-state index in [1.54, 1.807) is 0 Å². The highest BCUT2D eigenvalue weighted by Crippen LogP contribution is 2.37. The summed E-state index contributed by atoms with van der Waals surface area (Å²) in [5.41, 5.74) is 3.83. The van der Waals surface area contributed by atoms with E-state index >= 15 is 0 Å². The van der Waals surface area contributed by atoms with Crippen molar-refractivity contribution >= 4 is 5.78 Å². The van der Waals surface area contributed by atoms with Crippen LogP contribution in [0.15, 0.2) is 54.6 Å². The molecule has 0 unspecified atom stereocenters. The molecule has 0 atom stereocenters. The first-order valence-corrected chi connectivity index (χ1v) is 11.1. The molecule has 1 aliphatic heterocycles. The van der Waals surface area contributed by atoms with E-state index in [-0.39, 0.29) is 5.78 Å². The third-order valence-electron chi connectivity index (χ3n) is 6.32. The Morgan fingerprint density at radius 3 is 2.28 bits per heavy atom. The van der Waals surface area contributed by atoms with E-state index in [1.807, 2.05) is 19.1 Å². The molecular weight excluding hydrogens is 358 g/mol. The van der Waals surface area contributed by atoms with Crippen molar-refractivity contribution in [3.63, 3.8) is 0 Å². The lowest BCUT2D eigenvalue weighted by Crippen LogP contribution is -2.42. The smallest absolute Gasteiger partial charge is 0.162 e. The standard InChI is InChI=1S/C26H35NO2/c1-3-25(28)24-12-10-23(11-13-24)20-27-18-16-26(17-19-27,21-29-4-2)15-14-22-8-6-5-7-9-22/h5-13H,3-4,14-21H2,1-2H3. The van der Waals surface area contributed by atoms with Crippen molar-refractivity contribution in [2.24, 2.45) is 5.41 Å². The number of aryl methyl sites for hydroxylation is 1. The summed E-state index contributed by atoms with van der Waals surface area (Å²) < 4.78 is 5.91. The van der Waals surface area contributed by atoms with Gasteiger partial charge in [0.05, 0.1) is 6.61 Å². The van der Waals surface area contributed by atoms with Crippen LogP contribution in [0.5, 0.6) is 0 Å². The van der Waals surface area contributed by atoms with Crippen LogP contribution in [0, 0.1) is 5.41 Å². The molecule has 156 valence electrons. The minimum atomic E-state index is 0.216. The van der Waals surface area contributed by atoms with Gasteiger partial charge in [0.2, 0.25) is 0 Å². The maximum atomic E-state index is 11.8. The summed E-state index contributed by atoms with van der Waals surface area (Å²) in [6, 6.07) is 19.0. The van der Waals surface area contributed by atoms with Crippen LogP contribution >= 0.6 is 0 Å². The van der Waals surface area contributed by atoms with Gasteiger partial charge in [-0.05, 0) is 62.2 Å².